The van der Waals surface area contributed by atoms with Gasteiger partial charge in [0, 0.05) is 6.42 Å². The third kappa shape index (κ3) is 5.22. The Kier molecular flexibility index (Phi) is 6.06. The van der Waals surface area contributed by atoms with Gasteiger partial charge in [-0.15, -0.1) is 11.6 Å². The highest BCUT2D eigenvalue weighted by Crippen LogP contribution is 2.25. The molecule has 0 radical (unpaired) electrons. The van der Waals surface area contributed by atoms with E-state index in [1.54, 1.807) is 0 Å². The number of alkyl halides is 1. The van der Waals surface area contributed by atoms with E-state index in [9.17, 15) is 4.79 Å². The van der Waals surface area contributed by atoms with E-state index in [2.05, 4.69) is 19.1 Å². The van der Waals surface area contributed by atoms with Crippen molar-refractivity contribution in [2.75, 3.05) is 0 Å². The number of halogens is 1. The third-order valence-electron chi connectivity index (χ3n) is 2.77. The molecule has 0 heterocycles. The van der Waals surface area contributed by atoms with Crippen LogP contribution in [0, 0.1) is 0 Å². The van der Waals surface area contributed by atoms with Gasteiger partial charge >= 0.3 is 5.97 Å². The Morgan fingerprint density at radius 3 is 2.53 bits per heavy atom. The molecule has 17 heavy (non-hydrogen) atoms. The van der Waals surface area contributed by atoms with Crippen molar-refractivity contribution in [2.45, 2.75) is 44.4 Å². The second kappa shape index (κ2) is 7.33. The number of hydrogen-bond acceptors (Lipinski definition) is 1. The number of aryl methyl sites for hydroxylation is 1. The quantitative estimate of drug-likeness (QED) is 0.742. The van der Waals surface area contributed by atoms with Crippen LogP contribution in [0.1, 0.15) is 49.1 Å². The van der Waals surface area contributed by atoms with E-state index in [0.29, 0.717) is 6.42 Å². The van der Waals surface area contributed by atoms with Gasteiger partial charge in [0.05, 0.1) is 5.38 Å². The Morgan fingerprint density at radius 1 is 1.35 bits per heavy atom. The molecule has 1 aromatic carbocycles. The Hall–Kier alpha value is -1.02. The number of carboxylic acids is 1. The van der Waals surface area contributed by atoms with Crippen molar-refractivity contribution in [1.82, 2.24) is 0 Å². The van der Waals surface area contributed by atoms with Crippen molar-refractivity contribution in [3.05, 3.63) is 35.4 Å². The first-order valence-electron chi connectivity index (χ1n) is 6.08. The summed E-state index contributed by atoms with van der Waals surface area (Å²) in [4.78, 5) is 10.4. The lowest BCUT2D eigenvalue weighted by Gasteiger charge is -2.09. The lowest BCUT2D eigenvalue weighted by Crippen LogP contribution is -1.98. The largest absolute Gasteiger partial charge is 0.481 e. The van der Waals surface area contributed by atoms with Gasteiger partial charge in [0.2, 0.25) is 0 Å². The van der Waals surface area contributed by atoms with E-state index < -0.39 is 5.97 Å². The Bertz CT molecular complexity index is 346. The first-order valence-corrected chi connectivity index (χ1v) is 6.51. The third-order valence-corrected chi connectivity index (χ3v) is 3.24. The summed E-state index contributed by atoms with van der Waals surface area (Å²) >= 11 is 6.14. The molecule has 1 atom stereocenters. The van der Waals surface area contributed by atoms with Crippen LogP contribution in [0.5, 0.6) is 0 Å². The maximum atomic E-state index is 10.4. The summed E-state index contributed by atoms with van der Waals surface area (Å²) in [5.74, 6) is -0.796. The first-order chi connectivity index (χ1) is 8.13. The normalized spacial score (nSPS) is 12.4. The van der Waals surface area contributed by atoms with E-state index >= 15 is 0 Å². The van der Waals surface area contributed by atoms with E-state index in [-0.39, 0.29) is 11.8 Å². The van der Waals surface area contributed by atoms with Crippen LogP contribution in [0.4, 0.5) is 0 Å². The van der Waals surface area contributed by atoms with Crippen molar-refractivity contribution in [2.24, 2.45) is 0 Å². The molecule has 1 unspecified atom stereocenters. The van der Waals surface area contributed by atoms with Gasteiger partial charge < -0.3 is 5.11 Å². The number of carbonyl (C=O) groups is 1. The zero-order valence-electron chi connectivity index (χ0n) is 10.2. The van der Waals surface area contributed by atoms with E-state index in [1.165, 1.54) is 18.4 Å². The molecule has 0 saturated carbocycles. The highest BCUT2D eigenvalue weighted by molar-refractivity contribution is 6.20. The van der Waals surface area contributed by atoms with E-state index in [0.717, 1.165) is 12.0 Å². The fraction of sp³-hybridized carbons (Fsp3) is 0.500. The molecule has 0 fully saturated rings. The highest BCUT2D eigenvalue weighted by atomic mass is 35.5. The molecule has 0 amide bonds. The van der Waals surface area contributed by atoms with E-state index in [4.69, 9.17) is 16.7 Å². The minimum atomic E-state index is -0.796. The Labute approximate surface area is 108 Å². The van der Waals surface area contributed by atoms with Crippen LogP contribution < -0.4 is 0 Å². The molecular formula is C14H19ClO2. The predicted molar refractivity (Wildman–Crippen MR) is 70.5 cm³/mol. The molecule has 94 valence electrons. The molecule has 3 heteroatoms. The summed E-state index contributed by atoms with van der Waals surface area (Å²) in [7, 11) is 0. The molecule has 0 saturated heterocycles. The average molecular weight is 255 g/mol. The minimum Gasteiger partial charge on any atom is -0.481 e. The molecule has 2 nitrogen and oxygen atoms in total. The monoisotopic (exact) mass is 254 g/mol. The van der Waals surface area contributed by atoms with Gasteiger partial charge in [0.25, 0.3) is 0 Å². The standard InChI is InChI=1S/C14H19ClO2/c1-2-3-4-11-5-7-12(8-6-11)13(15)9-10-14(16)17/h5-8,13H,2-4,9-10H2,1H3,(H,16,17). The summed E-state index contributed by atoms with van der Waals surface area (Å²) in [5.41, 5.74) is 2.32. The second-order valence-corrected chi connectivity index (χ2v) is 4.77. The molecule has 0 aliphatic rings. The molecule has 1 rings (SSSR count). The van der Waals surface area contributed by atoms with Crippen LogP contribution in [0.3, 0.4) is 0 Å². The summed E-state index contributed by atoms with van der Waals surface area (Å²) in [6, 6.07) is 8.18. The fourth-order valence-electron chi connectivity index (χ4n) is 1.69. The van der Waals surface area contributed by atoms with Gasteiger partial charge in [0.1, 0.15) is 0 Å². The van der Waals surface area contributed by atoms with Gasteiger partial charge in [0.15, 0.2) is 0 Å². The Balaban J connectivity index is 2.51. The lowest BCUT2D eigenvalue weighted by molar-refractivity contribution is -0.137. The molecule has 0 bridgehead atoms. The van der Waals surface area contributed by atoms with Crippen molar-refractivity contribution in [3.63, 3.8) is 0 Å². The number of aliphatic carboxylic acids is 1. The van der Waals surface area contributed by atoms with Gasteiger partial charge in [-0.2, -0.15) is 0 Å². The van der Waals surface area contributed by atoms with Gasteiger partial charge in [-0.3, -0.25) is 4.79 Å². The van der Waals surface area contributed by atoms with Crippen LogP contribution in [0.15, 0.2) is 24.3 Å². The zero-order valence-corrected chi connectivity index (χ0v) is 10.9. The summed E-state index contributed by atoms with van der Waals surface area (Å²) in [5, 5.41) is 8.39. The van der Waals surface area contributed by atoms with Crippen LogP contribution in [0.25, 0.3) is 0 Å². The summed E-state index contributed by atoms with van der Waals surface area (Å²) in [6.07, 6.45) is 4.08. The number of unbranched alkanes of at least 4 members (excludes halogenated alkanes) is 1. The number of rotatable bonds is 7. The second-order valence-electron chi connectivity index (χ2n) is 4.25. The molecule has 0 aromatic heterocycles. The average Bonchev–Trinajstić information content (AvgIpc) is 2.34. The number of benzene rings is 1. The SMILES string of the molecule is CCCCc1ccc(C(Cl)CCC(=O)O)cc1. The van der Waals surface area contributed by atoms with Gasteiger partial charge in [-0.05, 0) is 30.4 Å². The van der Waals surface area contributed by atoms with Crippen LogP contribution in [0.2, 0.25) is 0 Å². The number of hydrogen-bond donors (Lipinski definition) is 1. The maximum Gasteiger partial charge on any atom is 0.303 e. The maximum absolute atomic E-state index is 10.4. The smallest absolute Gasteiger partial charge is 0.303 e. The van der Waals surface area contributed by atoms with Crippen LogP contribution in [-0.4, -0.2) is 11.1 Å². The van der Waals surface area contributed by atoms with Crippen molar-refractivity contribution >= 4 is 17.6 Å². The van der Waals surface area contributed by atoms with Crippen LogP contribution >= 0.6 is 11.6 Å². The van der Waals surface area contributed by atoms with Crippen LogP contribution in [-0.2, 0) is 11.2 Å². The molecule has 1 N–H and O–H groups in total. The van der Waals surface area contributed by atoms with Gasteiger partial charge in [-0.25, -0.2) is 0 Å². The predicted octanol–water partition coefficient (Wildman–Crippen LogP) is 4.17. The fourth-order valence-corrected chi connectivity index (χ4v) is 1.95. The molecular weight excluding hydrogens is 236 g/mol. The molecule has 1 aromatic rings. The highest BCUT2D eigenvalue weighted by Gasteiger charge is 2.09. The molecule has 0 spiro atoms. The Morgan fingerprint density at radius 2 is 2.00 bits per heavy atom. The summed E-state index contributed by atoms with van der Waals surface area (Å²) < 4.78 is 0. The topological polar surface area (TPSA) is 37.3 Å². The number of carboxylic acid groups (broad SMARTS) is 1. The van der Waals surface area contributed by atoms with E-state index in [1.807, 2.05) is 12.1 Å². The van der Waals surface area contributed by atoms with Crippen molar-refractivity contribution in [1.29, 1.82) is 0 Å². The summed E-state index contributed by atoms with van der Waals surface area (Å²) in [6.45, 7) is 2.18. The molecule has 0 aliphatic carbocycles. The van der Waals surface area contributed by atoms with Crippen molar-refractivity contribution < 1.29 is 9.90 Å². The van der Waals surface area contributed by atoms with Crippen molar-refractivity contribution in [3.8, 4) is 0 Å². The minimum absolute atomic E-state index is 0.117. The zero-order chi connectivity index (χ0) is 12.7. The molecule has 0 aliphatic heterocycles. The lowest BCUT2D eigenvalue weighted by atomic mass is 10.0. The first kappa shape index (κ1) is 14.0. The van der Waals surface area contributed by atoms with Gasteiger partial charge in [-0.1, -0.05) is 37.6 Å².